The summed E-state index contributed by atoms with van der Waals surface area (Å²) in [7, 11) is 0. The van der Waals surface area contributed by atoms with E-state index in [9.17, 15) is 0 Å². The van der Waals surface area contributed by atoms with Crippen LogP contribution in [0.25, 0.3) is 0 Å². The topological polar surface area (TPSA) is 55.6 Å². The number of halogens is 1. The molecule has 0 unspecified atom stereocenters. The molecule has 0 saturated heterocycles. The summed E-state index contributed by atoms with van der Waals surface area (Å²) in [6, 6.07) is 2.70. The Morgan fingerprint density at radius 3 is 3.16 bits per heavy atom. The summed E-state index contributed by atoms with van der Waals surface area (Å²) in [6.07, 6.45) is 2.42. The molecule has 1 saturated carbocycles. The highest BCUT2D eigenvalue weighted by molar-refractivity contribution is 9.10. The Morgan fingerprint density at radius 2 is 2.42 bits per heavy atom. The Morgan fingerprint density at radius 1 is 1.53 bits per heavy atom. The molecule has 0 aliphatic heterocycles. The second-order valence-electron chi connectivity index (χ2n) is 4.39. The van der Waals surface area contributed by atoms with E-state index < -0.39 is 0 Å². The van der Waals surface area contributed by atoms with Crippen LogP contribution in [0.5, 0.6) is 0 Å². The number of nitrogens with one attached hydrogen (secondary N) is 1. The van der Waals surface area contributed by atoms with Crippen LogP contribution in [-0.4, -0.2) is 32.5 Å². The van der Waals surface area contributed by atoms with E-state index in [1.165, 1.54) is 17.7 Å². The van der Waals surface area contributed by atoms with E-state index in [0.29, 0.717) is 6.04 Å². The second-order valence-corrected chi connectivity index (χ2v) is 7.37. The van der Waals surface area contributed by atoms with E-state index in [0.717, 1.165) is 28.5 Å². The maximum atomic E-state index is 4.07. The van der Waals surface area contributed by atoms with Gasteiger partial charge in [-0.25, -0.2) is 4.68 Å². The molecular weight excluding hydrogens is 346 g/mol. The number of hydrogen-bond donors (Lipinski definition) is 1. The normalized spacial score (nSPS) is 15.0. The Balaban J connectivity index is 1.37. The first-order valence-electron chi connectivity index (χ1n) is 6.17. The minimum absolute atomic E-state index is 0.550. The Kier molecular flexibility index (Phi) is 4.52. The maximum absolute atomic E-state index is 4.07. The van der Waals surface area contributed by atoms with Crippen molar-refractivity contribution >= 4 is 39.0 Å². The third-order valence-electron chi connectivity index (χ3n) is 2.79. The molecule has 1 fully saturated rings. The van der Waals surface area contributed by atoms with E-state index in [4.69, 9.17) is 0 Å². The van der Waals surface area contributed by atoms with Crippen LogP contribution in [0, 0.1) is 0 Å². The summed E-state index contributed by atoms with van der Waals surface area (Å²) in [5, 5.41) is 18.3. The van der Waals surface area contributed by atoms with Crippen molar-refractivity contribution < 1.29 is 0 Å². The average Bonchev–Trinajstić information content (AvgIpc) is 3.00. The molecule has 19 heavy (non-hydrogen) atoms. The Bertz CT molecular complexity index is 537. The van der Waals surface area contributed by atoms with Crippen molar-refractivity contribution in [2.24, 2.45) is 0 Å². The summed E-state index contributed by atoms with van der Waals surface area (Å²) < 4.78 is 3.12. The molecule has 0 spiro atoms. The molecule has 8 heteroatoms. The fraction of sp³-hybridized carbons (Fsp3) is 0.545. The number of hydrogen-bond acceptors (Lipinski definition) is 6. The third-order valence-corrected chi connectivity index (χ3v) is 5.42. The minimum Gasteiger partial charge on any atom is -0.311 e. The highest BCUT2D eigenvalue weighted by Gasteiger charge is 2.27. The van der Waals surface area contributed by atoms with Gasteiger partial charge in [0.1, 0.15) is 0 Å². The number of thioether (sulfide) groups is 1. The lowest BCUT2D eigenvalue weighted by molar-refractivity contribution is 0.565. The van der Waals surface area contributed by atoms with Gasteiger partial charge in [0.2, 0.25) is 5.16 Å². The van der Waals surface area contributed by atoms with Crippen molar-refractivity contribution in [3.05, 3.63) is 20.8 Å². The summed E-state index contributed by atoms with van der Waals surface area (Å²) in [6.45, 7) is 1.88. The molecule has 5 nitrogen and oxygen atoms in total. The quantitative estimate of drug-likeness (QED) is 0.608. The molecule has 0 bridgehead atoms. The van der Waals surface area contributed by atoms with Gasteiger partial charge in [-0.05, 0) is 45.3 Å². The predicted octanol–water partition coefficient (Wildman–Crippen LogP) is 2.71. The lowest BCUT2D eigenvalue weighted by Crippen LogP contribution is -2.16. The van der Waals surface area contributed by atoms with Gasteiger partial charge in [-0.3, -0.25) is 0 Å². The molecule has 2 aromatic rings. The molecule has 0 amide bonds. The molecule has 0 atom stereocenters. The molecule has 2 aromatic heterocycles. The van der Waals surface area contributed by atoms with Crippen LogP contribution < -0.4 is 5.32 Å². The lowest BCUT2D eigenvalue weighted by Gasteiger charge is -2.03. The van der Waals surface area contributed by atoms with Crippen molar-refractivity contribution in [3.8, 4) is 0 Å². The number of aromatic nitrogens is 4. The summed E-state index contributed by atoms with van der Waals surface area (Å²) in [5.41, 5.74) is 0. The number of nitrogens with zero attached hydrogens (tertiary/aromatic N) is 4. The molecule has 0 aromatic carbocycles. The van der Waals surface area contributed by atoms with Crippen molar-refractivity contribution in [1.82, 2.24) is 25.5 Å². The first-order chi connectivity index (χ1) is 9.33. The van der Waals surface area contributed by atoms with Gasteiger partial charge in [-0.2, -0.15) is 0 Å². The highest BCUT2D eigenvalue weighted by Crippen LogP contribution is 2.36. The van der Waals surface area contributed by atoms with E-state index in [2.05, 4.69) is 48.2 Å². The SMILES string of the molecule is Brc1csc(CNCCSc2nnnn2C2CC2)c1. The lowest BCUT2D eigenvalue weighted by atomic mass is 10.4. The molecule has 1 aliphatic carbocycles. The molecular formula is C11H14BrN5S2. The van der Waals surface area contributed by atoms with Crippen molar-refractivity contribution in [3.63, 3.8) is 0 Å². The first-order valence-corrected chi connectivity index (χ1v) is 8.83. The summed E-state index contributed by atoms with van der Waals surface area (Å²) in [4.78, 5) is 1.35. The fourth-order valence-electron chi connectivity index (χ4n) is 1.70. The zero-order valence-electron chi connectivity index (χ0n) is 10.3. The minimum atomic E-state index is 0.550. The second kappa shape index (κ2) is 6.34. The van der Waals surface area contributed by atoms with E-state index in [1.807, 2.05) is 4.68 Å². The largest absolute Gasteiger partial charge is 0.311 e. The number of thiophene rings is 1. The van der Waals surface area contributed by atoms with Gasteiger partial charge in [0.05, 0.1) is 6.04 Å². The fourth-order valence-corrected chi connectivity index (χ4v) is 3.96. The standard InChI is InChI=1S/C11H14BrN5S2/c12-8-5-10(19-7-8)6-13-3-4-18-11-14-15-16-17(11)9-1-2-9/h5,7,9,13H,1-4,6H2. The van der Waals surface area contributed by atoms with Crippen LogP contribution in [0.2, 0.25) is 0 Å². The van der Waals surface area contributed by atoms with Crippen LogP contribution in [0.1, 0.15) is 23.8 Å². The molecule has 0 radical (unpaired) electrons. The van der Waals surface area contributed by atoms with Crippen LogP contribution in [0.3, 0.4) is 0 Å². The van der Waals surface area contributed by atoms with Crippen LogP contribution in [0.15, 0.2) is 21.1 Å². The Hall–Kier alpha value is -0.440. The van der Waals surface area contributed by atoms with E-state index in [1.54, 1.807) is 23.1 Å². The van der Waals surface area contributed by atoms with Gasteiger partial charge in [0, 0.05) is 33.6 Å². The summed E-state index contributed by atoms with van der Waals surface area (Å²) >= 11 is 6.95. The highest BCUT2D eigenvalue weighted by atomic mass is 79.9. The van der Waals surface area contributed by atoms with Crippen molar-refractivity contribution in [2.45, 2.75) is 30.6 Å². The molecule has 1 N–H and O–H groups in total. The van der Waals surface area contributed by atoms with Crippen LogP contribution in [-0.2, 0) is 6.54 Å². The molecule has 102 valence electrons. The van der Waals surface area contributed by atoms with E-state index >= 15 is 0 Å². The van der Waals surface area contributed by atoms with Gasteiger partial charge in [-0.1, -0.05) is 11.8 Å². The number of tetrazole rings is 1. The third kappa shape index (κ3) is 3.77. The zero-order valence-corrected chi connectivity index (χ0v) is 13.5. The van der Waals surface area contributed by atoms with Crippen molar-refractivity contribution in [1.29, 1.82) is 0 Å². The van der Waals surface area contributed by atoms with Gasteiger partial charge in [0.25, 0.3) is 0 Å². The predicted molar refractivity (Wildman–Crippen MR) is 80.5 cm³/mol. The van der Waals surface area contributed by atoms with Crippen molar-refractivity contribution in [2.75, 3.05) is 12.3 Å². The smallest absolute Gasteiger partial charge is 0.209 e. The van der Waals surface area contributed by atoms with Gasteiger partial charge in [0.15, 0.2) is 0 Å². The van der Waals surface area contributed by atoms with Crippen LogP contribution in [0.4, 0.5) is 0 Å². The first kappa shape index (κ1) is 13.5. The van der Waals surface area contributed by atoms with Gasteiger partial charge >= 0.3 is 0 Å². The maximum Gasteiger partial charge on any atom is 0.209 e. The zero-order chi connectivity index (χ0) is 13.1. The van der Waals surface area contributed by atoms with Gasteiger partial charge in [-0.15, -0.1) is 16.4 Å². The summed E-state index contributed by atoms with van der Waals surface area (Å²) in [5.74, 6) is 0.986. The molecule has 2 heterocycles. The monoisotopic (exact) mass is 359 g/mol. The average molecular weight is 360 g/mol. The molecule has 1 aliphatic rings. The Labute approximate surface area is 128 Å². The van der Waals surface area contributed by atoms with Gasteiger partial charge < -0.3 is 5.32 Å². The molecule has 3 rings (SSSR count). The van der Waals surface area contributed by atoms with Crippen LogP contribution >= 0.6 is 39.0 Å². The van der Waals surface area contributed by atoms with E-state index in [-0.39, 0.29) is 0 Å². The number of rotatable bonds is 7.